The number of rotatable bonds is 0. The van der Waals surface area contributed by atoms with Crippen LogP contribution in [0, 0.1) is 28.6 Å². The second-order valence-electron chi connectivity index (χ2n) is 8.70. The Bertz CT molecular complexity index is 540. The zero-order valence-corrected chi connectivity index (χ0v) is 13.9. The topological polar surface area (TPSA) is 52.8 Å². The Hall–Kier alpha value is -0.830. The first kappa shape index (κ1) is 14.7. The Morgan fingerprint density at radius 3 is 2.59 bits per heavy atom. The van der Waals surface area contributed by atoms with E-state index < -0.39 is 0 Å². The molecule has 4 rings (SSSR count). The van der Waals surface area contributed by atoms with Crippen LogP contribution in [0.15, 0.2) is 16.8 Å². The lowest BCUT2D eigenvalue weighted by molar-refractivity contribution is -0.0213. The van der Waals surface area contributed by atoms with E-state index in [9.17, 15) is 10.3 Å². The molecule has 0 aromatic heterocycles. The summed E-state index contributed by atoms with van der Waals surface area (Å²) in [6, 6.07) is 0. The summed E-state index contributed by atoms with van der Waals surface area (Å²) in [6.45, 7) is 4.79. The lowest BCUT2D eigenvalue weighted by Gasteiger charge is -2.57. The minimum absolute atomic E-state index is 0.121. The highest BCUT2D eigenvalue weighted by atomic mass is 16.4. The largest absolute Gasteiger partial charge is 0.411 e. The fourth-order valence-corrected chi connectivity index (χ4v) is 6.59. The Balaban J connectivity index is 1.69. The van der Waals surface area contributed by atoms with Gasteiger partial charge in [0.15, 0.2) is 0 Å². The molecule has 0 heterocycles. The van der Waals surface area contributed by atoms with E-state index in [1.54, 1.807) is 0 Å². The zero-order chi connectivity index (χ0) is 15.5. The van der Waals surface area contributed by atoms with Crippen molar-refractivity contribution in [2.24, 2.45) is 33.7 Å². The fourth-order valence-electron chi connectivity index (χ4n) is 6.59. The van der Waals surface area contributed by atoms with E-state index in [2.05, 4.69) is 25.1 Å². The van der Waals surface area contributed by atoms with Gasteiger partial charge >= 0.3 is 0 Å². The number of hydrogen-bond acceptors (Lipinski definition) is 3. The SMILES string of the molecule is CC12CCC(O)CC1=CCC1C2CCC2(C)C(=NO)CCC12. The van der Waals surface area contributed by atoms with Gasteiger partial charge in [-0.15, -0.1) is 0 Å². The molecule has 0 aliphatic heterocycles. The third kappa shape index (κ3) is 1.81. The maximum absolute atomic E-state index is 10.0. The van der Waals surface area contributed by atoms with Gasteiger partial charge in [-0.3, -0.25) is 0 Å². The quantitative estimate of drug-likeness (QED) is 0.401. The van der Waals surface area contributed by atoms with Gasteiger partial charge in [-0.25, -0.2) is 0 Å². The van der Waals surface area contributed by atoms with Gasteiger partial charge in [-0.05, 0) is 74.5 Å². The number of fused-ring (bicyclic) bond motifs is 5. The van der Waals surface area contributed by atoms with Crippen LogP contribution < -0.4 is 0 Å². The van der Waals surface area contributed by atoms with E-state index >= 15 is 0 Å². The van der Waals surface area contributed by atoms with Crippen LogP contribution in [0.25, 0.3) is 0 Å². The number of aliphatic hydroxyl groups excluding tert-OH is 1. The van der Waals surface area contributed by atoms with Crippen molar-refractivity contribution in [3.05, 3.63) is 11.6 Å². The van der Waals surface area contributed by atoms with Crippen molar-refractivity contribution >= 4 is 5.71 Å². The predicted molar refractivity (Wildman–Crippen MR) is 86.9 cm³/mol. The molecule has 3 nitrogen and oxygen atoms in total. The van der Waals surface area contributed by atoms with Crippen LogP contribution in [-0.4, -0.2) is 22.1 Å². The van der Waals surface area contributed by atoms with Crippen LogP contribution in [0.2, 0.25) is 0 Å². The Morgan fingerprint density at radius 1 is 1.09 bits per heavy atom. The van der Waals surface area contributed by atoms with Crippen LogP contribution in [0.3, 0.4) is 0 Å². The summed E-state index contributed by atoms with van der Waals surface area (Å²) in [6.07, 6.45) is 11.1. The van der Waals surface area contributed by atoms with E-state index in [0.29, 0.717) is 11.3 Å². The van der Waals surface area contributed by atoms with Crippen molar-refractivity contribution in [3.63, 3.8) is 0 Å². The molecule has 0 amide bonds. The average Bonchev–Trinajstić information content (AvgIpc) is 2.84. The van der Waals surface area contributed by atoms with E-state index in [0.717, 1.165) is 43.2 Å². The maximum atomic E-state index is 10.0. The van der Waals surface area contributed by atoms with Gasteiger partial charge in [0, 0.05) is 5.41 Å². The van der Waals surface area contributed by atoms with Crippen LogP contribution in [0.4, 0.5) is 0 Å². The van der Waals surface area contributed by atoms with Gasteiger partial charge < -0.3 is 10.3 Å². The van der Waals surface area contributed by atoms with Crippen LogP contribution >= 0.6 is 0 Å². The van der Waals surface area contributed by atoms with Gasteiger partial charge in [0.05, 0.1) is 11.8 Å². The molecule has 3 heteroatoms. The molecule has 122 valence electrons. The second kappa shape index (κ2) is 4.83. The summed E-state index contributed by atoms with van der Waals surface area (Å²) < 4.78 is 0. The molecule has 4 aliphatic carbocycles. The minimum atomic E-state index is -0.121. The molecule has 6 atom stereocenters. The maximum Gasteiger partial charge on any atom is 0.0632 e. The Kier molecular flexibility index (Phi) is 3.24. The monoisotopic (exact) mass is 303 g/mol. The number of allylic oxidation sites excluding steroid dienone is 1. The highest BCUT2D eigenvalue weighted by Crippen LogP contribution is 2.64. The van der Waals surface area contributed by atoms with Crippen molar-refractivity contribution in [2.45, 2.75) is 71.3 Å². The van der Waals surface area contributed by atoms with E-state index in [1.165, 1.54) is 31.3 Å². The molecule has 22 heavy (non-hydrogen) atoms. The summed E-state index contributed by atoms with van der Waals surface area (Å²) in [5.41, 5.74) is 3.02. The summed E-state index contributed by atoms with van der Waals surface area (Å²) in [5, 5.41) is 23.1. The normalized spacial score (nSPS) is 52.7. The van der Waals surface area contributed by atoms with E-state index in [-0.39, 0.29) is 11.5 Å². The smallest absolute Gasteiger partial charge is 0.0632 e. The first-order valence-corrected chi connectivity index (χ1v) is 9.08. The fraction of sp³-hybridized carbons (Fsp3) is 0.842. The zero-order valence-electron chi connectivity index (χ0n) is 13.9. The Morgan fingerprint density at radius 2 is 1.82 bits per heavy atom. The molecule has 0 aromatic rings. The molecule has 3 fully saturated rings. The average molecular weight is 303 g/mol. The lowest BCUT2D eigenvalue weighted by atomic mass is 9.48. The molecule has 0 spiro atoms. The van der Waals surface area contributed by atoms with E-state index in [1.807, 2.05) is 0 Å². The summed E-state index contributed by atoms with van der Waals surface area (Å²) >= 11 is 0. The second-order valence-corrected chi connectivity index (χ2v) is 8.70. The van der Waals surface area contributed by atoms with Crippen molar-refractivity contribution < 1.29 is 10.3 Å². The standard InChI is InChI=1S/C19H29NO2/c1-18-9-7-13(21)11-12(18)3-4-14-15-5-6-17(20-22)19(15,2)10-8-16(14)18/h3,13-16,21-22H,4-11H2,1-2H3. The molecule has 2 N–H and O–H groups in total. The third-order valence-electron chi connectivity index (χ3n) is 7.94. The van der Waals surface area contributed by atoms with Crippen molar-refractivity contribution in [2.75, 3.05) is 0 Å². The number of hydrogen-bond donors (Lipinski definition) is 2. The van der Waals surface area contributed by atoms with Crippen LogP contribution in [0.5, 0.6) is 0 Å². The number of oxime groups is 1. The first-order chi connectivity index (χ1) is 10.5. The highest BCUT2D eigenvalue weighted by Gasteiger charge is 2.57. The molecule has 0 aromatic carbocycles. The minimum Gasteiger partial charge on any atom is -0.411 e. The molecule has 0 bridgehead atoms. The summed E-state index contributed by atoms with van der Waals surface area (Å²) in [7, 11) is 0. The first-order valence-electron chi connectivity index (χ1n) is 9.08. The molecular formula is C19H29NO2. The third-order valence-corrected chi connectivity index (χ3v) is 7.94. The van der Waals surface area contributed by atoms with E-state index in [4.69, 9.17) is 0 Å². The van der Waals surface area contributed by atoms with Crippen molar-refractivity contribution in [1.82, 2.24) is 0 Å². The van der Waals surface area contributed by atoms with Gasteiger partial charge in [0.25, 0.3) is 0 Å². The lowest BCUT2D eigenvalue weighted by Crippen LogP contribution is -2.50. The number of nitrogens with zero attached hydrogens (tertiary/aromatic N) is 1. The molecular weight excluding hydrogens is 274 g/mol. The van der Waals surface area contributed by atoms with Gasteiger partial charge in [-0.2, -0.15) is 0 Å². The summed E-state index contributed by atoms with van der Waals surface area (Å²) in [5.74, 6) is 2.18. The van der Waals surface area contributed by atoms with Crippen LogP contribution in [0.1, 0.15) is 65.2 Å². The number of aliphatic hydroxyl groups is 1. The molecule has 3 saturated carbocycles. The van der Waals surface area contributed by atoms with Gasteiger partial charge in [-0.1, -0.05) is 30.7 Å². The van der Waals surface area contributed by atoms with Gasteiger partial charge in [0.1, 0.15) is 0 Å². The highest BCUT2D eigenvalue weighted by molar-refractivity contribution is 5.92. The molecule has 4 aliphatic rings. The molecule has 0 saturated heterocycles. The molecule has 0 radical (unpaired) electrons. The van der Waals surface area contributed by atoms with Crippen molar-refractivity contribution in [3.8, 4) is 0 Å². The Labute approximate surface area is 133 Å². The van der Waals surface area contributed by atoms with Gasteiger partial charge in [0.2, 0.25) is 0 Å². The predicted octanol–water partition coefficient (Wildman–Crippen LogP) is 4.14. The van der Waals surface area contributed by atoms with Crippen molar-refractivity contribution in [1.29, 1.82) is 0 Å². The van der Waals surface area contributed by atoms with Crippen LogP contribution in [-0.2, 0) is 0 Å². The summed E-state index contributed by atoms with van der Waals surface area (Å²) in [4.78, 5) is 0. The molecule has 6 unspecified atom stereocenters.